The second kappa shape index (κ2) is 6.95. The van der Waals surface area contributed by atoms with Crippen LogP contribution in [-0.4, -0.2) is 54.5 Å². The first-order chi connectivity index (χ1) is 10.9. The molecule has 2 N–H and O–H groups in total. The summed E-state index contributed by atoms with van der Waals surface area (Å²) in [5.41, 5.74) is -0.326. The van der Waals surface area contributed by atoms with Crippen LogP contribution in [-0.2, 0) is 9.53 Å². The van der Waals surface area contributed by atoms with Gasteiger partial charge in [-0.3, -0.25) is 14.4 Å². The van der Waals surface area contributed by atoms with Crippen LogP contribution in [0.15, 0.2) is 16.9 Å². The van der Waals surface area contributed by atoms with Gasteiger partial charge in [-0.05, 0) is 31.9 Å². The molecule has 2 rings (SSSR count). The highest BCUT2D eigenvalue weighted by atomic mass is 16.5. The molecule has 1 aliphatic rings. The van der Waals surface area contributed by atoms with E-state index >= 15 is 0 Å². The number of ether oxygens (including phenoxy) is 1. The number of amides is 2. The average Bonchev–Trinajstić information content (AvgIpc) is 2.90. The van der Waals surface area contributed by atoms with Crippen molar-refractivity contribution >= 4 is 11.8 Å². The fraction of sp³-hybridized carbons (Fsp3) is 0.562. The summed E-state index contributed by atoms with van der Waals surface area (Å²) in [6.45, 7) is 2.52. The zero-order chi connectivity index (χ0) is 17.0. The molecular weight excluding hydrogens is 298 g/mol. The SMILES string of the molecule is CNC(=O)CC1(COC)CCCN1C(=O)c1ccc(C)[nH]c1=O. The Hall–Kier alpha value is -2.15. The van der Waals surface area contributed by atoms with E-state index in [1.807, 2.05) is 0 Å². The number of pyridine rings is 1. The molecule has 0 saturated carbocycles. The lowest BCUT2D eigenvalue weighted by Crippen LogP contribution is -2.53. The summed E-state index contributed by atoms with van der Waals surface area (Å²) >= 11 is 0. The number of likely N-dealkylation sites (tertiary alicyclic amines) is 1. The molecule has 0 bridgehead atoms. The third-order valence-corrected chi connectivity index (χ3v) is 4.31. The quantitative estimate of drug-likeness (QED) is 0.823. The lowest BCUT2D eigenvalue weighted by Gasteiger charge is -2.37. The average molecular weight is 321 g/mol. The van der Waals surface area contributed by atoms with E-state index in [1.54, 1.807) is 32.0 Å². The van der Waals surface area contributed by atoms with E-state index in [0.717, 1.165) is 6.42 Å². The van der Waals surface area contributed by atoms with Crippen LogP contribution in [0.3, 0.4) is 0 Å². The van der Waals surface area contributed by atoms with Gasteiger partial charge in [-0.25, -0.2) is 0 Å². The first-order valence-electron chi connectivity index (χ1n) is 7.65. The van der Waals surface area contributed by atoms with Gasteiger partial charge in [0, 0.05) is 26.4 Å². The van der Waals surface area contributed by atoms with Crippen LogP contribution in [0.4, 0.5) is 0 Å². The molecule has 2 heterocycles. The Morgan fingerprint density at radius 1 is 1.43 bits per heavy atom. The van der Waals surface area contributed by atoms with Crippen molar-refractivity contribution in [1.82, 2.24) is 15.2 Å². The number of nitrogens with one attached hydrogen (secondary N) is 2. The summed E-state index contributed by atoms with van der Waals surface area (Å²) in [6, 6.07) is 3.23. The number of carbonyl (C=O) groups is 2. The minimum Gasteiger partial charge on any atom is -0.382 e. The number of methoxy groups -OCH3 is 1. The number of aromatic amines is 1. The van der Waals surface area contributed by atoms with Gasteiger partial charge in [0.2, 0.25) is 5.91 Å². The molecule has 2 amide bonds. The molecule has 0 spiro atoms. The predicted molar refractivity (Wildman–Crippen MR) is 85.4 cm³/mol. The summed E-state index contributed by atoms with van der Waals surface area (Å²) in [4.78, 5) is 41.1. The van der Waals surface area contributed by atoms with Crippen LogP contribution in [0, 0.1) is 6.92 Å². The van der Waals surface area contributed by atoms with E-state index in [0.29, 0.717) is 18.7 Å². The largest absolute Gasteiger partial charge is 0.382 e. The Labute approximate surface area is 135 Å². The fourth-order valence-corrected chi connectivity index (χ4v) is 3.18. The first kappa shape index (κ1) is 17.2. The molecule has 0 radical (unpaired) electrons. The third kappa shape index (κ3) is 3.44. The number of nitrogens with zero attached hydrogens (tertiary/aromatic N) is 1. The molecule has 126 valence electrons. The number of carbonyl (C=O) groups excluding carboxylic acids is 2. The molecule has 1 fully saturated rings. The monoisotopic (exact) mass is 321 g/mol. The summed E-state index contributed by atoms with van der Waals surface area (Å²) < 4.78 is 5.28. The molecule has 1 aliphatic heterocycles. The van der Waals surface area contributed by atoms with Crippen molar-refractivity contribution in [1.29, 1.82) is 0 Å². The second-order valence-electron chi connectivity index (χ2n) is 5.95. The fourth-order valence-electron chi connectivity index (χ4n) is 3.18. The number of hydrogen-bond donors (Lipinski definition) is 2. The Morgan fingerprint density at radius 2 is 2.17 bits per heavy atom. The number of aromatic nitrogens is 1. The van der Waals surface area contributed by atoms with E-state index in [-0.39, 0.29) is 30.4 Å². The molecule has 7 nitrogen and oxygen atoms in total. The molecular formula is C16H23N3O4. The second-order valence-corrected chi connectivity index (χ2v) is 5.95. The molecule has 1 unspecified atom stereocenters. The Morgan fingerprint density at radius 3 is 2.78 bits per heavy atom. The molecule has 1 aromatic heterocycles. The number of rotatable bonds is 5. The van der Waals surface area contributed by atoms with Crippen molar-refractivity contribution in [2.75, 3.05) is 27.3 Å². The Balaban J connectivity index is 2.36. The molecule has 0 aromatic carbocycles. The van der Waals surface area contributed by atoms with Crippen molar-refractivity contribution in [2.24, 2.45) is 0 Å². The smallest absolute Gasteiger partial charge is 0.260 e. The van der Waals surface area contributed by atoms with Crippen LogP contribution in [0.1, 0.15) is 35.3 Å². The Bertz CT molecular complexity index is 655. The maximum atomic E-state index is 12.9. The van der Waals surface area contributed by atoms with E-state index in [2.05, 4.69) is 10.3 Å². The lowest BCUT2D eigenvalue weighted by molar-refractivity contribution is -0.123. The van der Waals surface area contributed by atoms with Gasteiger partial charge >= 0.3 is 0 Å². The molecule has 7 heteroatoms. The van der Waals surface area contributed by atoms with Crippen LogP contribution in [0.2, 0.25) is 0 Å². The highest BCUT2D eigenvalue weighted by Gasteiger charge is 2.45. The van der Waals surface area contributed by atoms with E-state index in [9.17, 15) is 14.4 Å². The van der Waals surface area contributed by atoms with E-state index < -0.39 is 11.1 Å². The zero-order valence-corrected chi connectivity index (χ0v) is 13.8. The maximum absolute atomic E-state index is 12.9. The van der Waals surface area contributed by atoms with Gasteiger partial charge in [-0.1, -0.05) is 0 Å². The molecule has 1 aromatic rings. The van der Waals surface area contributed by atoms with E-state index in [1.165, 1.54) is 6.07 Å². The van der Waals surface area contributed by atoms with Gasteiger partial charge in [-0.15, -0.1) is 0 Å². The highest BCUT2D eigenvalue weighted by Crippen LogP contribution is 2.34. The van der Waals surface area contributed by atoms with Crippen LogP contribution in [0.25, 0.3) is 0 Å². The maximum Gasteiger partial charge on any atom is 0.260 e. The van der Waals surface area contributed by atoms with Gasteiger partial charge in [0.1, 0.15) is 5.56 Å². The van der Waals surface area contributed by atoms with Crippen LogP contribution >= 0.6 is 0 Å². The number of aryl methyl sites for hydroxylation is 1. The van der Waals surface area contributed by atoms with Crippen molar-refractivity contribution < 1.29 is 14.3 Å². The predicted octanol–water partition coefficient (Wildman–Crippen LogP) is 0.441. The zero-order valence-electron chi connectivity index (χ0n) is 13.8. The summed E-state index contributed by atoms with van der Waals surface area (Å²) in [7, 11) is 3.11. The van der Waals surface area contributed by atoms with Gasteiger partial charge in [0.25, 0.3) is 11.5 Å². The number of H-pyrrole nitrogens is 1. The topological polar surface area (TPSA) is 91.5 Å². The van der Waals surface area contributed by atoms with Crippen molar-refractivity contribution in [3.8, 4) is 0 Å². The molecule has 0 aliphatic carbocycles. The van der Waals surface area contributed by atoms with E-state index in [4.69, 9.17) is 4.74 Å². The van der Waals surface area contributed by atoms with Gasteiger partial charge < -0.3 is 19.9 Å². The van der Waals surface area contributed by atoms with Gasteiger partial charge in [-0.2, -0.15) is 0 Å². The number of hydrogen-bond acceptors (Lipinski definition) is 4. The minimum atomic E-state index is -0.705. The molecule has 1 saturated heterocycles. The summed E-state index contributed by atoms with van der Waals surface area (Å²) in [5, 5.41) is 2.59. The van der Waals surface area contributed by atoms with Crippen molar-refractivity contribution in [2.45, 2.75) is 31.7 Å². The molecule has 23 heavy (non-hydrogen) atoms. The lowest BCUT2D eigenvalue weighted by atomic mass is 9.91. The third-order valence-electron chi connectivity index (χ3n) is 4.31. The van der Waals surface area contributed by atoms with Crippen molar-refractivity contribution in [3.63, 3.8) is 0 Å². The standard InChI is InChI=1S/C16H23N3O4/c1-11-5-6-12(14(21)18-11)15(22)19-8-4-7-16(19,10-23-3)9-13(20)17-2/h5-6H,4,7-10H2,1-3H3,(H,17,20)(H,18,21). The van der Waals surface area contributed by atoms with Crippen LogP contribution in [0.5, 0.6) is 0 Å². The minimum absolute atomic E-state index is 0.0925. The molecule has 1 atom stereocenters. The highest BCUT2D eigenvalue weighted by molar-refractivity contribution is 5.95. The van der Waals surface area contributed by atoms with Gasteiger partial charge in [0.15, 0.2) is 0 Å². The Kier molecular flexibility index (Phi) is 5.20. The van der Waals surface area contributed by atoms with Crippen molar-refractivity contribution in [3.05, 3.63) is 33.7 Å². The first-order valence-corrected chi connectivity index (χ1v) is 7.65. The normalized spacial score (nSPS) is 20.6. The van der Waals surface area contributed by atoms with Gasteiger partial charge in [0.05, 0.1) is 18.6 Å². The van der Waals surface area contributed by atoms with Crippen LogP contribution < -0.4 is 10.9 Å². The summed E-state index contributed by atoms with van der Waals surface area (Å²) in [6.07, 6.45) is 1.60. The summed E-state index contributed by atoms with van der Waals surface area (Å²) in [5.74, 6) is -0.510.